The average Bonchev–Trinajstić information content (AvgIpc) is 2.62. The number of carbonyl (C=O) groups is 1. The van der Waals surface area contributed by atoms with Crippen LogP contribution in [0.2, 0.25) is 0 Å². The maximum Gasteiger partial charge on any atom is 0.337 e. The molecule has 0 aliphatic carbocycles. The fraction of sp³-hybridized carbons (Fsp3) is 0.105. The maximum absolute atomic E-state index is 11.5. The Balaban J connectivity index is 1.94. The highest BCUT2D eigenvalue weighted by Crippen LogP contribution is 2.33. The van der Waals surface area contributed by atoms with Gasteiger partial charge in [0.05, 0.1) is 19.8 Å². The van der Waals surface area contributed by atoms with Crippen LogP contribution in [0, 0.1) is 0 Å². The van der Waals surface area contributed by atoms with Gasteiger partial charge < -0.3 is 14.8 Å². The number of esters is 1. The molecule has 0 atom stereocenters. The molecule has 116 valence electrons. The highest BCUT2D eigenvalue weighted by molar-refractivity contribution is 5.99. The molecular weight excluding hydrogens is 290 g/mol. The molecule has 23 heavy (non-hydrogen) atoms. The van der Waals surface area contributed by atoms with Gasteiger partial charge in [-0.2, -0.15) is 0 Å². The Morgan fingerprint density at radius 1 is 0.870 bits per heavy atom. The summed E-state index contributed by atoms with van der Waals surface area (Å²) in [6, 6.07) is 19.1. The summed E-state index contributed by atoms with van der Waals surface area (Å²) in [5, 5.41) is 5.50. The van der Waals surface area contributed by atoms with E-state index < -0.39 is 0 Å². The molecule has 4 nitrogen and oxygen atoms in total. The van der Waals surface area contributed by atoms with E-state index in [2.05, 4.69) is 5.32 Å². The minimum atomic E-state index is -0.341. The molecule has 0 unspecified atom stereocenters. The summed E-state index contributed by atoms with van der Waals surface area (Å²) in [7, 11) is 3.04. The molecule has 0 heterocycles. The number of benzene rings is 3. The van der Waals surface area contributed by atoms with Gasteiger partial charge in [0.1, 0.15) is 5.75 Å². The third kappa shape index (κ3) is 2.97. The number of hydrogen-bond donors (Lipinski definition) is 1. The second kappa shape index (κ2) is 6.40. The first-order chi connectivity index (χ1) is 11.2. The molecule has 0 aromatic heterocycles. The third-order valence-electron chi connectivity index (χ3n) is 3.69. The van der Waals surface area contributed by atoms with Crippen molar-refractivity contribution in [2.24, 2.45) is 0 Å². The summed E-state index contributed by atoms with van der Waals surface area (Å²) in [5.41, 5.74) is 2.40. The van der Waals surface area contributed by atoms with Gasteiger partial charge in [-0.1, -0.05) is 24.3 Å². The van der Waals surface area contributed by atoms with Gasteiger partial charge >= 0.3 is 5.97 Å². The maximum atomic E-state index is 11.5. The number of methoxy groups -OCH3 is 2. The summed E-state index contributed by atoms with van der Waals surface area (Å²) >= 11 is 0. The quantitative estimate of drug-likeness (QED) is 0.727. The molecule has 0 amide bonds. The molecule has 0 spiro atoms. The number of nitrogens with one attached hydrogen (secondary N) is 1. The van der Waals surface area contributed by atoms with Crippen LogP contribution in [0.25, 0.3) is 10.8 Å². The SMILES string of the molecule is COC(=O)c1ccc(Nc2ccc(OC)c3ccccc23)cc1. The van der Waals surface area contributed by atoms with Crippen molar-refractivity contribution in [3.63, 3.8) is 0 Å². The predicted molar refractivity (Wildman–Crippen MR) is 91.6 cm³/mol. The Morgan fingerprint density at radius 3 is 2.22 bits per heavy atom. The van der Waals surface area contributed by atoms with E-state index >= 15 is 0 Å². The van der Waals surface area contributed by atoms with Gasteiger partial charge in [-0.05, 0) is 36.4 Å². The summed E-state index contributed by atoms with van der Waals surface area (Å²) in [4.78, 5) is 11.5. The molecule has 0 bridgehead atoms. The molecule has 0 fully saturated rings. The minimum Gasteiger partial charge on any atom is -0.496 e. The summed E-state index contributed by atoms with van der Waals surface area (Å²) < 4.78 is 10.1. The molecule has 0 saturated carbocycles. The number of fused-ring (bicyclic) bond motifs is 1. The number of carbonyl (C=O) groups excluding carboxylic acids is 1. The van der Waals surface area contributed by atoms with Crippen molar-refractivity contribution < 1.29 is 14.3 Å². The smallest absolute Gasteiger partial charge is 0.337 e. The molecule has 4 heteroatoms. The zero-order valence-electron chi connectivity index (χ0n) is 13.0. The normalized spacial score (nSPS) is 10.3. The van der Waals surface area contributed by atoms with Crippen LogP contribution < -0.4 is 10.1 Å². The molecule has 0 radical (unpaired) electrons. The lowest BCUT2D eigenvalue weighted by Crippen LogP contribution is -2.01. The molecule has 1 N–H and O–H groups in total. The van der Waals surface area contributed by atoms with Crippen LogP contribution in [-0.2, 0) is 4.74 Å². The van der Waals surface area contributed by atoms with Crippen molar-refractivity contribution in [1.29, 1.82) is 0 Å². The Labute approximate surface area is 134 Å². The van der Waals surface area contributed by atoms with Crippen LogP contribution in [0.15, 0.2) is 60.7 Å². The second-order valence-corrected chi connectivity index (χ2v) is 5.05. The van der Waals surface area contributed by atoms with E-state index in [9.17, 15) is 4.79 Å². The zero-order chi connectivity index (χ0) is 16.2. The Hall–Kier alpha value is -3.01. The lowest BCUT2D eigenvalue weighted by Gasteiger charge is -2.12. The van der Waals surface area contributed by atoms with Crippen molar-refractivity contribution in [3.8, 4) is 5.75 Å². The fourth-order valence-corrected chi connectivity index (χ4v) is 2.52. The summed E-state index contributed by atoms with van der Waals surface area (Å²) in [5.74, 6) is 0.499. The molecule has 3 rings (SSSR count). The molecular formula is C19H17NO3. The van der Waals surface area contributed by atoms with Crippen molar-refractivity contribution in [1.82, 2.24) is 0 Å². The van der Waals surface area contributed by atoms with Crippen molar-refractivity contribution in [3.05, 3.63) is 66.2 Å². The topological polar surface area (TPSA) is 47.6 Å². The lowest BCUT2D eigenvalue weighted by molar-refractivity contribution is 0.0601. The first-order valence-corrected chi connectivity index (χ1v) is 7.24. The number of ether oxygens (including phenoxy) is 2. The van der Waals surface area contributed by atoms with E-state index in [-0.39, 0.29) is 5.97 Å². The highest BCUT2D eigenvalue weighted by Gasteiger charge is 2.07. The van der Waals surface area contributed by atoms with Gasteiger partial charge in [0.15, 0.2) is 0 Å². The number of rotatable bonds is 4. The standard InChI is InChI=1S/C19H17NO3/c1-22-18-12-11-17(15-5-3-4-6-16(15)18)20-14-9-7-13(8-10-14)19(21)23-2/h3-12,20H,1-2H3. The van der Waals surface area contributed by atoms with Crippen LogP contribution in [0.1, 0.15) is 10.4 Å². The van der Waals surface area contributed by atoms with Gasteiger partial charge in [0.25, 0.3) is 0 Å². The number of anilines is 2. The first-order valence-electron chi connectivity index (χ1n) is 7.24. The third-order valence-corrected chi connectivity index (χ3v) is 3.69. The van der Waals surface area contributed by atoms with Crippen molar-refractivity contribution in [2.45, 2.75) is 0 Å². The van der Waals surface area contributed by atoms with Crippen LogP contribution in [0.5, 0.6) is 5.75 Å². The van der Waals surface area contributed by atoms with E-state index in [0.29, 0.717) is 5.56 Å². The lowest BCUT2D eigenvalue weighted by atomic mass is 10.1. The number of hydrogen-bond acceptors (Lipinski definition) is 4. The predicted octanol–water partition coefficient (Wildman–Crippen LogP) is 4.38. The largest absolute Gasteiger partial charge is 0.496 e. The zero-order valence-corrected chi connectivity index (χ0v) is 13.0. The van der Waals surface area contributed by atoms with Crippen LogP contribution in [0.4, 0.5) is 11.4 Å². The van der Waals surface area contributed by atoms with Crippen molar-refractivity contribution in [2.75, 3.05) is 19.5 Å². The van der Waals surface area contributed by atoms with E-state index in [0.717, 1.165) is 27.9 Å². The molecule has 0 saturated heterocycles. The first kappa shape index (κ1) is 14.9. The molecule has 3 aromatic rings. The molecule has 0 aliphatic heterocycles. The Morgan fingerprint density at radius 2 is 1.57 bits per heavy atom. The average molecular weight is 307 g/mol. The fourth-order valence-electron chi connectivity index (χ4n) is 2.52. The van der Waals surface area contributed by atoms with E-state index in [1.54, 1.807) is 19.2 Å². The van der Waals surface area contributed by atoms with Gasteiger partial charge in [0, 0.05) is 22.1 Å². The van der Waals surface area contributed by atoms with E-state index in [1.807, 2.05) is 48.5 Å². The van der Waals surface area contributed by atoms with E-state index in [1.165, 1.54) is 7.11 Å². The minimum absolute atomic E-state index is 0.341. The van der Waals surface area contributed by atoms with E-state index in [4.69, 9.17) is 9.47 Å². The monoisotopic (exact) mass is 307 g/mol. The summed E-state index contributed by atoms with van der Waals surface area (Å²) in [6.07, 6.45) is 0. The van der Waals surface area contributed by atoms with Crippen LogP contribution >= 0.6 is 0 Å². The second-order valence-electron chi connectivity index (χ2n) is 5.05. The molecule has 3 aromatic carbocycles. The molecule has 0 aliphatic rings. The Kier molecular flexibility index (Phi) is 4.15. The highest BCUT2D eigenvalue weighted by atomic mass is 16.5. The van der Waals surface area contributed by atoms with Gasteiger partial charge in [0.2, 0.25) is 0 Å². The van der Waals surface area contributed by atoms with Crippen molar-refractivity contribution >= 4 is 28.1 Å². The Bertz CT molecular complexity index is 841. The van der Waals surface area contributed by atoms with Gasteiger partial charge in [-0.3, -0.25) is 0 Å². The van der Waals surface area contributed by atoms with Crippen LogP contribution in [0.3, 0.4) is 0 Å². The summed E-state index contributed by atoms with van der Waals surface area (Å²) in [6.45, 7) is 0. The van der Waals surface area contributed by atoms with Gasteiger partial charge in [-0.25, -0.2) is 4.79 Å². The van der Waals surface area contributed by atoms with Crippen LogP contribution in [-0.4, -0.2) is 20.2 Å². The van der Waals surface area contributed by atoms with Gasteiger partial charge in [-0.15, -0.1) is 0 Å².